The van der Waals surface area contributed by atoms with Gasteiger partial charge in [0, 0.05) is 6.07 Å². The van der Waals surface area contributed by atoms with Gasteiger partial charge in [0.1, 0.15) is 5.15 Å². The summed E-state index contributed by atoms with van der Waals surface area (Å²) < 4.78 is 9.70. The molecule has 0 aromatic carbocycles. The Bertz CT molecular complexity index is 317. The molecule has 14 heavy (non-hydrogen) atoms. The van der Waals surface area contributed by atoms with Crippen molar-refractivity contribution in [1.29, 1.82) is 0 Å². The number of carbonyl (C=O) groups is 1. The lowest BCUT2D eigenvalue weighted by Crippen LogP contribution is -2.14. The van der Waals surface area contributed by atoms with Crippen molar-refractivity contribution in [2.24, 2.45) is 0 Å². The quantitative estimate of drug-likeness (QED) is 0.566. The molecule has 0 unspecified atom stereocenters. The zero-order chi connectivity index (χ0) is 10.4. The van der Waals surface area contributed by atoms with E-state index in [0.717, 1.165) is 0 Å². The summed E-state index contributed by atoms with van der Waals surface area (Å²) in [6.07, 6.45) is 0. The lowest BCUT2D eigenvalue weighted by atomic mass is 10.5. The van der Waals surface area contributed by atoms with E-state index in [0.29, 0.717) is 17.6 Å². The Morgan fingerprint density at radius 1 is 1.57 bits per heavy atom. The molecular weight excluding hydrogens is 206 g/mol. The Kier molecular flexibility index (Phi) is 4.19. The van der Waals surface area contributed by atoms with E-state index >= 15 is 0 Å². The van der Waals surface area contributed by atoms with Crippen LogP contribution >= 0.6 is 11.6 Å². The maximum Gasteiger partial charge on any atom is 0.344 e. The smallest absolute Gasteiger partial charge is 0.344 e. The molecule has 0 spiro atoms. The van der Waals surface area contributed by atoms with Gasteiger partial charge in [0.15, 0.2) is 6.61 Å². The van der Waals surface area contributed by atoms with Crippen LogP contribution < -0.4 is 4.74 Å². The van der Waals surface area contributed by atoms with Gasteiger partial charge in [0.2, 0.25) is 5.88 Å². The van der Waals surface area contributed by atoms with Gasteiger partial charge in [-0.25, -0.2) is 9.78 Å². The summed E-state index contributed by atoms with van der Waals surface area (Å²) in [6, 6.07) is 4.93. The molecular formula is C9H10ClNO3. The first-order valence-electron chi connectivity index (χ1n) is 4.13. The van der Waals surface area contributed by atoms with Gasteiger partial charge < -0.3 is 9.47 Å². The van der Waals surface area contributed by atoms with Crippen LogP contribution in [0.2, 0.25) is 5.15 Å². The highest BCUT2D eigenvalue weighted by atomic mass is 35.5. The number of halogens is 1. The molecule has 1 aromatic rings. The Morgan fingerprint density at radius 2 is 2.36 bits per heavy atom. The van der Waals surface area contributed by atoms with E-state index in [2.05, 4.69) is 9.72 Å². The first-order chi connectivity index (χ1) is 6.72. The summed E-state index contributed by atoms with van der Waals surface area (Å²) in [7, 11) is 0. The maximum atomic E-state index is 10.9. The highest BCUT2D eigenvalue weighted by molar-refractivity contribution is 6.29. The number of carbonyl (C=O) groups excluding carboxylic acids is 1. The van der Waals surface area contributed by atoms with Gasteiger partial charge in [-0.1, -0.05) is 17.7 Å². The van der Waals surface area contributed by atoms with Crippen molar-refractivity contribution < 1.29 is 14.3 Å². The number of rotatable bonds is 4. The Hall–Kier alpha value is -1.29. The van der Waals surface area contributed by atoms with Crippen LogP contribution in [0, 0.1) is 0 Å². The van der Waals surface area contributed by atoms with Crippen LogP contribution in [0.4, 0.5) is 0 Å². The number of hydrogen-bond donors (Lipinski definition) is 0. The fraction of sp³-hybridized carbons (Fsp3) is 0.333. The number of pyridine rings is 1. The predicted octanol–water partition coefficient (Wildman–Crippen LogP) is 1.68. The summed E-state index contributed by atoms with van der Waals surface area (Å²) >= 11 is 5.61. The van der Waals surface area contributed by atoms with E-state index in [4.69, 9.17) is 16.3 Å². The summed E-state index contributed by atoms with van der Waals surface area (Å²) in [4.78, 5) is 14.7. The van der Waals surface area contributed by atoms with Crippen LogP contribution in [0.3, 0.4) is 0 Å². The second-order valence-electron chi connectivity index (χ2n) is 2.39. The Balaban J connectivity index is 2.41. The van der Waals surface area contributed by atoms with E-state index in [9.17, 15) is 4.79 Å². The van der Waals surface area contributed by atoms with Crippen LogP contribution in [0.5, 0.6) is 5.88 Å². The molecule has 0 bridgehead atoms. The van der Waals surface area contributed by atoms with Gasteiger partial charge >= 0.3 is 5.97 Å². The minimum absolute atomic E-state index is 0.152. The molecule has 76 valence electrons. The molecule has 0 fully saturated rings. The van der Waals surface area contributed by atoms with Crippen molar-refractivity contribution in [3.63, 3.8) is 0 Å². The van der Waals surface area contributed by atoms with Crippen molar-refractivity contribution in [2.75, 3.05) is 13.2 Å². The van der Waals surface area contributed by atoms with Crippen LogP contribution in [0.1, 0.15) is 6.92 Å². The lowest BCUT2D eigenvalue weighted by molar-refractivity contribution is -0.145. The fourth-order valence-corrected chi connectivity index (χ4v) is 0.962. The van der Waals surface area contributed by atoms with Crippen LogP contribution in [0.25, 0.3) is 0 Å². The summed E-state index contributed by atoms with van der Waals surface area (Å²) in [5.41, 5.74) is 0. The van der Waals surface area contributed by atoms with Crippen molar-refractivity contribution in [1.82, 2.24) is 4.98 Å². The molecule has 0 aliphatic rings. The summed E-state index contributed by atoms with van der Waals surface area (Å²) in [5.74, 6) is -0.111. The number of ether oxygens (including phenoxy) is 2. The third kappa shape index (κ3) is 3.62. The Labute approximate surface area is 86.8 Å². The zero-order valence-electron chi connectivity index (χ0n) is 7.70. The Morgan fingerprint density at radius 3 is 3.00 bits per heavy atom. The van der Waals surface area contributed by atoms with E-state index in [-0.39, 0.29) is 6.61 Å². The molecule has 0 aliphatic heterocycles. The average Bonchev–Trinajstić information content (AvgIpc) is 2.15. The monoisotopic (exact) mass is 215 g/mol. The highest BCUT2D eigenvalue weighted by Gasteiger charge is 2.03. The molecule has 1 heterocycles. The largest absolute Gasteiger partial charge is 0.466 e. The lowest BCUT2D eigenvalue weighted by Gasteiger charge is -2.04. The van der Waals surface area contributed by atoms with Crippen molar-refractivity contribution >= 4 is 17.6 Å². The first-order valence-corrected chi connectivity index (χ1v) is 4.51. The number of aromatic nitrogens is 1. The second-order valence-corrected chi connectivity index (χ2v) is 2.78. The first kappa shape index (κ1) is 10.8. The van der Waals surface area contributed by atoms with Gasteiger partial charge in [-0.15, -0.1) is 0 Å². The minimum Gasteiger partial charge on any atom is -0.466 e. The molecule has 0 aliphatic carbocycles. The molecule has 0 atom stereocenters. The van der Waals surface area contributed by atoms with E-state index < -0.39 is 5.97 Å². The SMILES string of the molecule is CCOC(=O)COc1cccc(Cl)n1. The number of nitrogens with zero attached hydrogens (tertiary/aromatic N) is 1. The van der Waals surface area contributed by atoms with E-state index in [1.165, 1.54) is 0 Å². The number of esters is 1. The molecule has 0 radical (unpaired) electrons. The van der Waals surface area contributed by atoms with Crippen molar-refractivity contribution in [3.8, 4) is 5.88 Å². The molecule has 0 saturated heterocycles. The average molecular weight is 216 g/mol. The summed E-state index contributed by atoms with van der Waals surface area (Å²) in [5, 5.41) is 0.325. The predicted molar refractivity (Wildman–Crippen MR) is 51.4 cm³/mol. The normalized spacial score (nSPS) is 9.57. The van der Waals surface area contributed by atoms with E-state index in [1.54, 1.807) is 25.1 Å². The molecule has 0 saturated carbocycles. The zero-order valence-corrected chi connectivity index (χ0v) is 8.45. The van der Waals surface area contributed by atoms with Crippen molar-refractivity contribution in [2.45, 2.75) is 6.92 Å². The van der Waals surface area contributed by atoms with Gasteiger partial charge in [-0.2, -0.15) is 0 Å². The fourth-order valence-electron chi connectivity index (χ4n) is 0.806. The topological polar surface area (TPSA) is 48.4 Å². The van der Waals surface area contributed by atoms with Gasteiger partial charge in [-0.05, 0) is 13.0 Å². The summed E-state index contributed by atoms with van der Waals surface area (Å²) in [6.45, 7) is 1.92. The van der Waals surface area contributed by atoms with Crippen LogP contribution in [-0.2, 0) is 9.53 Å². The molecule has 5 heteroatoms. The molecule has 0 N–H and O–H groups in total. The number of hydrogen-bond acceptors (Lipinski definition) is 4. The van der Waals surface area contributed by atoms with Gasteiger partial charge in [0.25, 0.3) is 0 Å². The van der Waals surface area contributed by atoms with Gasteiger partial charge in [0.05, 0.1) is 6.61 Å². The highest BCUT2D eigenvalue weighted by Crippen LogP contribution is 2.10. The van der Waals surface area contributed by atoms with Crippen molar-refractivity contribution in [3.05, 3.63) is 23.4 Å². The van der Waals surface area contributed by atoms with Crippen LogP contribution in [0.15, 0.2) is 18.2 Å². The molecule has 1 rings (SSSR count). The standard InChI is InChI=1S/C9H10ClNO3/c1-2-13-9(12)6-14-8-5-3-4-7(10)11-8/h3-5H,2,6H2,1H3. The maximum absolute atomic E-state index is 10.9. The van der Waals surface area contributed by atoms with E-state index in [1.807, 2.05) is 0 Å². The minimum atomic E-state index is -0.422. The molecule has 0 amide bonds. The third-order valence-electron chi connectivity index (χ3n) is 1.33. The molecule has 4 nitrogen and oxygen atoms in total. The molecule has 1 aromatic heterocycles. The van der Waals surface area contributed by atoms with Crippen LogP contribution in [-0.4, -0.2) is 24.2 Å². The third-order valence-corrected chi connectivity index (χ3v) is 1.54. The second kappa shape index (κ2) is 5.44. The van der Waals surface area contributed by atoms with Gasteiger partial charge in [-0.3, -0.25) is 0 Å².